The third kappa shape index (κ3) is 1.96. The number of fused-ring (bicyclic) bond motifs is 5. The van der Waals surface area contributed by atoms with Crippen molar-refractivity contribution >= 4 is 11.6 Å². The van der Waals surface area contributed by atoms with Crippen LogP contribution in [-0.2, 0) is 12.8 Å². The SMILES string of the molecule is ClCCc1nnc2n1-c1ccccc1Cc1ccccc1-2. The molecule has 3 aromatic rings. The van der Waals surface area contributed by atoms with Crippen LogP contribution in [-0.4, -0.2) is 20.6 Å². The first-order valence-corrected chi connectivity index (χ1v) is 7.59. The Labute approximate surface area is 128 Å². The van der Waals surface area contributed by atoms with Gasteiger partial charge in [-0.05, 0) is 17.2 Å². The van der Waals surface area contributed by atoms with Gasteiger partial charge in [-0.15, -0.1) is 21.8 Å². The van der Waals surface area contributed by atoms with Gasteiger partial charge in [0.15, 0.2) is 5.82 Å². The summed E-state index contributed by atoms with van der Waals surface area (Å²) in [7, 11) is 0. The van der Waals surface area contributed by atoms with Crippen LogP contribution in [0.5, 0.6) is 0 Å². The van der Waals surface area contributed by atoms with Gasteiger partial charge in [-0.2, -0.15) is 0 Å². The third-order valence-corrected chi connectivity index (χ3v) is 4.11. The smallest absolute Gasteiger partial charge is 0.168 e. The average Bonchev–Trinajstić information content (AvgIpc) is 2.86. The molecule has 1 aliphatic rings. The summed E-state index contributed by atoms with van der Waals surface area (Å²) in [6.45, 7) is 0. The summed E-state index contributed by atoms with van der Waals surface area (Å²) in [6.07, 6.45) is 1.63. The highest BCUT2D eigenvalue weighted by Crippen LogP contribution is 2.33. The van der Waals surface area contributed by atoms with Crippen molar-refractivity contribution in [2.24, 2.45) is 0 Å². The Hall–Kier alpha value is -2.13. The lowest BCUT2D eigenvalue weighted by Gasteiger charge is -2.10. The average molecular weight is 296 g/mol. The van der Waals surface area contributed by atoms with E-state index in [1.54, 1.807) is 0 Å². The first-order valence-electron chi connectivity index (χ1n) is 7.05. The summed E-state index contributed by atoms with van der Waals surface area (Å²) in [5, 5.41) is 8.79. The molecule has 1 aromatic heterocycles. The van der Waals surface area contributed by atoms with Crippen molar-refractivity contribution in [1.29, 1.82) is 0 Å². The molecule has 3 nitrogen and oxygen atoms in total. The van der Waals surface area contributed by atoms with Crippen LogP contribution in [0.1, 0.15) is 17.0 Å². The van der Waals surface area contributed by atoms with Gasteiger partial charge in [0.05, 0.1) is 5.69 Å². The Morgan fingerprint density at radius 1 is 0.952 bits per heavy atom. The van der Waals surface area contributed by atoms with E-state index in [4.69, 9.17) is 11.6 Å². The Kier molecular flexibility index (Phi) is 3.00. The fourth-order valence-corrected chi connectivity index (χ4v) is 3.14. The molecule has 2 heterocycles. The van der Waals surface area contributed by atoms with E-state index in [1.807, 2.05) is 0 Å². The highest BCUT2D eigenvalue weighted by molar-refractivity contribution is 6.17. The minimum absolute atomic E-state index is 0.544. The van der Waals surface area contributed by atoms with Crippen LogP contribution in [0.15, 0.2) is 48.5 Å². The maximum absolute atomic E-state index is 5.92. The zero-order chi connectivity index (χ0) is 14.2. The summed E-state index contributed by atoms with van der Waals surface area (Å²) in [5.74, 6) is 2.38. The molecular weight excluding hydrogens is 282 g/mol. The molecule has 0 saturated heterocycles. The molecule has 1 aliphatic heterocycles. The van der Waals surface area contributed by atoms with E-state index >= 15 is 0 Å². The standard InChI is InChI=1S/C17H14ClN3/c18-10-9-16-19-20-17-14-7-3-1-5-12(14)11-13-6-2-4-8-15(13)21(16)17/h1-8H,9-11H2. The molecular formula is C17H14ClN3. The maximum atomic E-state index is 5.92. The van der Waals surface area contributed by atoms with E-state index in [0.717, 1.165) is 29.3 Å². The topological polar surface area (TPSA) is 30.7 Å². The number of halogens is 1. The Morgan fingerprint density at radius 2 is 1.71 bits per heavy atom. The highest BCUT2D eigenvalue weighted by atomic mass is 35.5. The van der Waals surface area contributed by atoms with Gasteiger partial charge in [-0.1, -0.05) is 42.5 Å². The van der Waals surface area contributed by atoms with Gasteiger partial charge >= 0.3 is 0 Å². The molecule has 0 radical (unpaired) electrons. The van der Waals surface area contributed by atoms with Crippen LogP contribution in [0.4, 0.5) is 0 Å². The van der Waals surface area contributed by atoms with Gasteiger partial charge in [-0.25, -0.2) is 0 Å². The van der Waals surface area contributed by atoms with E-state index in [2.05, 4.69) is 63.3 Å². The van der Waals surface area contributed by atoms with Crippen molar-refractivity contribution in [1.82, 2.24) is 14.8 Å². The molecule has 0 fully saturated rings. The number of rotatable bonds is 2. The number of benzene rings is 2. The second-order valence-electron chi connectivity index (χ2n) is 5.18. The van der Waals surface area contributed by atoms with Crippen molar-refractivity contribution in [3.63, 3.8) is 0 Å². The predicted octanol–water partition coefficient (Wildman–Crippen LogP) is 3.62. The number of alkyl halides is 1. The maximum Gasteiger partial charge on any atom is 0.168 e. The lowest BCUT2D eigenvalue weighted by Crippen LogP contribution is -2.04. The van der Waals surface area contributed by atoms with Crippen molar-refractivity contribution < 1.29 is 0 Å². The summed E-state index contributed by atoms with van der Waals surface area (Å²) < 4.78 is 2.16. The van der Waals surface area contributed by atoms with Gasteiger partial charge in [0.25, 0.3) is 0 Å². The van der Waals surface area contributed by atoms with E-state index < -0.39 is 0 Å². The molecule has 4 heteroatoms. The summed E-state index contributed by atoms with van der Waals surface area (Å²) in [5.41, 5.74) is 4.89. The summed E-state index contributed by atoms with van der Waals surface area (Å²) in [4.78, 5) is 0. The third-order valence-electron chi connectivity index (χ3n) is 3.92. The van der Waals surface area contributed by atoms with Crippen LogP contribution in [0.3, 0.4) is 0 Å². The van der Waals surface area contributed by atoms with Crippen LogP contribution in [0.2, 0.25) is 0 Å². The summed E-state index contributed by atoms with van der Waals surface area (Å²) >= 11 is 5.92. The van der Waals surface area contributed by atoms with Crippen molar-refractivity contribution in [3.05, 3.63) is 65.5 Å². The lowest BCUT2D eigenvalue weighted by molar-refractivity contribution is 0.884. The fraction of sp³-hybridized carbons (Fsp3) is 0.176. The minimum atomic E-state index is 0.544. The Balaban J connectivity index is 2.06. The summed E-state index contributed by atoms with van der Waals surface area (Å²) in [6, 6.07) is 16.9. The predicted molar refractivity (Wildman–Crippen MR) is 84.0 cm³/mol. The molecule has 21 heavy (non-hydrogen) atoms. The number of aryl methyl sites for hydroxylation is 1. The van der Waals surface area contributed by atoms with Gasteiger partial charge < -0.3 is 0 Å². The number of hydrogen-bond donors (Lipinski definition) is 0. The minimum Gasteiger partial charge on any atom is -0.279 e. The molecule has 0 atom stereocenters. The molecule has 0 bridgehead atoms. The fourth-order valence-electron chi connectivity index (χ4n) is 2.97. The van der Waals surface area contributed by atoms with Crippen LogP contribution in [0.25, 0.3) is 17.1 Å². The second-order valence-corrected chi connectivity index (χ2v) is 5.55. The Bertz CT molecular complexity index is 807. The molecule has 0 saturated carbocycles. The highest BCUT2D eigenvalue weighted by Gasteiger charge is 2.22. The molecule has 0 amide bonds. The van der Waals surface area contributed by atoms with Crippen molar-refractivity contribution in [3.8, 4) is 17.1 Å². The molecule has 0 N–H and O–H groups in total. The van der Waals surface area contributed by atoms with Gasteiger partial charge in [0.2, 0.25) is 0 Å². The Morgan fingerprint density at radius 3 is 2.57 bits per heavy atom. The van der Waals surface area contributed by atoms with Gasteiger partial charge in [-0.3, -0.25) is 4.57 Å². The normalized spacial score (nSPS) is 12.2. The number of hydrogen-bond acceptors (Lipinski definition) is 2. The first-order chi connectivity index (χ1) is 10.4. The van der Waals surface area contributed by atoms with Crippen LogP contribution in [0, 0.1) is 0 Å². The molecule has 2 aromatic carbocycles. The number of aromatic nitrogens is 3. The second kappa shape index (κ2) is 5.01. The zero-order valence-electron chi connectivity index (χ0n) is 11.5. The van der Waals surface area contributed by atoms with E-state index in [0.29, 0.717) is 12.3 Å². The number of para-hydroxylation sites is 1. The zero-order valence-corrected chi connectivity index (χ0v) is 12.2. The van der Waals surface area contributed by atoms with E-state index in [9.17, 15) is 0 Å². The van der Waals surface area contributed by atoms with Crippen molar-refractivity contribution in [2.75, 3.05) is 5.88 Å². The molecule has 0 aliphatic carbocycles. The monoisotopic (exact) mass is 295 g/mol. The molecule has 4 rings (SSSR count). The quantitative estimate of drug-likeness (QED) is 0.529. The first kappa shape index (κ1) is 12.6. The molecule has 0 unspecified atom stereocenters. The van der Waals surface area contributed by atoms with Gasteiger partial charge in [0, 0.05) is 24.3 Å². The lowest BCUT2D eigenvalue weighted by atomic mass is 10.0. The molecule has 104 valence electrons. The van der Waals surface area contributed by atoms with E-state index in [1.165, 1.54) is 11.1 Å². The number of nitrogens with zero attached hydrogens (tertiary/aromatic N) is 3. The van der Waals surface area contributed by atoms with Crippen LogP contribution < -0.4 is 0 Å². The largest absolute Gasteiger partial charge is 0.279 e. The van der Waals surface area contributed by atoms with E-state index in [-0.39, 0.29) is 0 Å². The van der Waals surface area contributed by atoms with Crippen molar-refractivity contribution in [2.45, 2.75) is 12.8 Å². The molecule has 0 spiro atoms. The van der Waals surface area contributed by atoms with Gasteiger partial charge in [0.1, 0.15) is 5.82 Å². The van der Waals surface area contributed by atoms with Crippen LogP contribution >= 0.6 is 11.6 Å².